The Morgan fingerprint density at radius 1 is 1.21 bits per heavy atom. The molecule has 1 aliphatic carbocycles. The molecule has 0 atom stereocenters. The van der Waals surface area contributed by atoms with E-state index in [2.05, 4.69) is 25.5 Å². The number of hydrogen-bond donors (Lipinski definition) is 1. The van der Waals surface area contributed by atoms with Crippen molar-refractivity contribution in [3.63, 3.8) is 0 Å². The third kappa shape index (κ3) is 3.35. The summed E-state index contributed by atoms with van der Waals surface area (Å²) in [5.74, 6) is 1.17. The molecule has 0 aliphatic heterocycles. The molecule has 1 N–H and O–H groups in total. The standard InChI is InChI=1S/C19H18N6OS2/c26-17-14-10-15(12-6-2-1-3-7-12)28-18(14)21-16(20-17)11-27-19-22-23-24-25(19)13-8-4-5-9-13/h1-3,6-7,10,13H,4-5,8-9,11H2,(H,20,21,26). The molecule has 0 radical (unpaired) electrons. The van der Waals surface area contributed by atoms with Crippen LogP contribution in [0.3, 0.4) is 0 Å². The van der Waals surface area contributed by atoms with Gasteiger partial charge >= 0.3 is 0 Å². The molecule has 1 aliphatic rings. The number of thiophene rings is 1. The van der Waals surface area contributed by atoms with Crippen molar-refractivity contribution in [1.82, 2.24) is 30.2 Å². The first kappa shape index (κ1) is 17.6. The molecule has 0 amide bonds. The maximum atomic E-state index is 12.5. The molecule has 0 bridgehead atoms. The third-order valence-electron chi connectivity index (χ3n) is 4.98. The molecular weight excluding hydrogens is 392 g/mol. The molecule has 1 aromatic carbocycles. The van der Waals surface area contributed by atoms with Crippen LogP contribution in [0.15, 0.2) is 46.3 Å². The minimum atomic E-state index is -0.102. The second-order valence-electron chi connectivity index (χ2n) is 6.84. The number of aromatic amines is 1. The van der Waals surface area contributed by atoms with E-state index < -0.39 is 0 Å². The maximum absolute atomic E-state index is 12.5. The van der Waals surface area contributed by atoms with Crippen LogP contribution in [0.2, 0.25) is 0 Å². The molecule has 5 rings (SSSR count). The van der Waals surface area contributed by atoms with E-state index in [1.807, 2.05) is 41.1 Å². The number of benzene rings is 1. The molecule has 1 fully saturated rings. The molecule has 28 heavy (non-hydrogen) atoms. The number of nitrogens with one attached hydrogen (secondary N) is 1. The fraction of sp³-hybridized carbons (Fsp3) is 0.316. The van der Waals surface area contributed by atoms with E-state index in [-0.39, 0.29) is 5.56 Å². The number of fused-ring (bicyclic) bond motifs is 1. The van der Waals surface area contributed by atoms with Gasteiger partial charge in [-0.1, -0.05) is 54.9 Å². The lowest BCUT2D eigenvalue weighted by atomic mass is 10.2. The van der Waals surface area contributed by atoms with Gasteiger partial charge in [-0.05, 0) is 34.9 Å². The molecule has 4 aromatic rings. The molecule has 9 heteroatoms. The lowest BCUT2D eigenvalue weighted by Gasteiger charge is -2.10. The van der Waals surface area contributed by atoms with Gasteiger partial charge in [0, 0.05) is 4.88 Å². The first-order chi connectivity index (χ1) is 13.8. The number of H-pyrrole nitrogens is 1. The molecular formula is C19H18N6OS2. The van der Waals surface area contributed by atoms with Crippen LogP contribution in [0.5, 0.6) is 0 Å². The Morgan fingerprint density at radius 3 is 2.86 bits per heavy atom. The molecule has 3 heterocycles. The highest BCUT2D eigenvalue weighted by atomic mass is 32.2. The summed E-state index contributed by atoms with van der Waals surface area (Å²) in [6.07, 6.45) is 4.69. The number of hydrogen-bond acceptors (Lipinski definition) is 7. The zero-order valence-corrected chi connectivity index (χ0v) is 16.7. The second-order valence-corrected chi connectivity index (χ2v) is 8.81. The molecule has 142 valence electrons. The van der Waals surface area contributed by atoms with Crippen LogP contribution in [0.4, 0.5) is 0 Å². The summed E-state index contributed by atoms with van der Waals surface area (Å²) in [5, 5.41) is 13.6. The smallest absolute Gasteiger partial charge is 0.259 e. The van der Waals surface area contributed by atoms with Gasteiger partial charge in [0.25, 0.3) is 5.56 Å². The largest absolute Gasteiger partial charge is 0.309 e. The minimum absolute atomic E-state index is 0.102. The van der Waals surface area contributed by atoms with Crippen molar-refractivity contribution in [2.75, 3.05) is 0 Å². The average molecular weight is 411 g/mol. The fourth-order valence-corrected chi connectivity index (χ4v) is 5.45. The Hall–Kier alpha value is -2.52. The number of thioether (sulfide) groups is 1. The van der Waals surface area contributed by atoms with Gasteiger partial charge in [-0.3, -0.25) is 4.79 Å². The summed E-state index contributed by atoms with van der Waals surface area (Å²) in [7, 11) is 0. The molecule has 0 unspecified atom stereocenters. The predicted molar refractivity (Wildman–Crippen MR) is 111 cm³/mol. The van der Waals surface area contributed by atoms with Crippen molar-refractivity contribution >= 4 is 33.3 Å². The van der Waals surface area contributed by atoms with Crippen LogP contribution in [-0.2, 0) is 5.75 Å². The van der Waals surface area contributed by atoms with Crippen molar-refractivity contribution < 1.29 is 0 Å². The summed E-state index contributed by atoms with van der Waals surface area (Å²) in [4.78, 5) is 21.9. The molecule has 0 spiro atoms. The summed E-state index contributed by atoms with van der Waals surface area (Å²) >= 11 is 3.05. The maximum Gasteiger partial charge on any atom is 0.259 e. The van der Waals surface area contributed by atoms with E-state index in [9.17, 15) is 4.79 Å². The first-order valence-electron chi connectivity index (χ1n) is 9.27. The van der Waals surface area contributed by atoms with E-state index in [0.717, 1.165) is 33.3 Å². The number of aromatic nitrogens is 6. The van der Waals surface area contributed by atoms with Crippen molar-refractivity contribution in [2.45, 2.75) is 42.6 Å². The number of rotatable bonds is 5. The van der Waals surface area contributed by atoms with Crippen LogP contribution >= 0.6 is 23.1 Å². The van der Waals surface area contributed by atoms with E-state index in [0.29, 0.717) is 23.0 Å². The Bertz CT molecular complexity index is 1160. The van der Waals surface area contributed by atoms with Gasteiger partial charge in [0.15, 0.2) is 0 Å². The molecule has 0 saturated heterocycles. The van der Waals surface area contributed by atoms with Gasteiger partial charge in [0.1, 0.15) is 10.7 Å². The van der Waals surface area contributed by atoms with Crippen LogP contribution in [0.1, 0.15) is 37.5 Å². The summed E-state index contributed by atoms with van der Waals surface area (Å²) in [6, 6.07) is 12.4. The lowest BCUT2D eigenvalue weighted by molar-refractivity contribution is 0.423. The molecule has 3 aromatic heterocycles. The first-order valence-corrected chi connectivity index (χ1v) is 11.1. The van der Waals surface area contributed by atoms with E-state index in [4.69, 9.17) is 0 Å². The van der Waals surface area contributed by atoms with E-state index in [1.165, 1.54) is 35.9 Å². The van der Waals surface area contributed by atoms with Gasteiger partial charge in [0.05, 0.1) is 17.2 Å². The van der Waals surface area contributed by atoms with Crippen molar-refractivity contribution in [3.05, 3.63) is 52.6 Å². The molecule has 1 saturated carbocycles. The minimum Gasteiger partial charge on any atom is -0.309 e. The van der Waals surface area contributed by atoms with Gasteiger partial charge in [-0.25, -0.2) is 9.67 Å². The van der Waals surface area contributed by atoms with Gasteiger partial charge in [-0.2, -0.15) is 0 Å². The normalized spacial score (nSPS) is 14.9. The van der Waals surface area contributed by atoms with E-state index >= 15 is 0 Å². The predicted octanol–water partition coefficient (Wildman–Crippen LogP) is 4.05. The van der Waals surface area contributed by atoms with Crippen molar-refractivity contribution in [3.8, 4) is 10.4 Å². The highest BCUT2D eigenvalue weighted by molar-refractivity contribution is 7.98. The molecule has 7 nitrogen and oxygen atoms in total. The van der Waals surface area contributed by atoms with Crippen LogP contribution in [0, 0.1) is 0 Å². The van der Waals surface area contributed by atoms with Crippen LogP contribution in [0.25, 0.3) is 20.7 Å². The quantitative estimate of drug-likeness (QED) is 0.499. The summed E-state index contributed by atoms with van der Waals surface area (Å²) in [6.45, 7) is 0. The Balaban J connectivity index is 1.40. The fourth-order valence-electron chi connectivity index (χ4n) is 3.58. The number of nitrogens with zero attached hydrogens (tertiary/aromatic N) is 5. The Kier molecular flexibility index (Phi) is 4.69. The second kappa shape index (κ2) is 7.48. The van der Waals surface area contributed by atoms with Gasteiger partial charge in [0.2, 0.25) is 5.16 Å². The van der Waals surface area contributed by atoms with Crippen molar-refractivity contribution in [1.29, 1.82) is 0 Å². The zero-order chi connectivity index (χ0) is 18.9. The van der Waals surface area contributed by atoms with Crippen molar-refractivity contribution in [2.24, 2.45) is 0 Å². The van der Waals surface area contributed by atoms with Gasteiger partial charge in [-0.15, -0.1) is 16.4 Å². The van der Waals surface area contributed by atoms with E-state index in [1.54, 1.807) is 0 Å². The number of tetrazole rings is 1. The topological polar surface area (TPSA) is 89.4 Å². The lowest BCUT2D eigenvalue weighted by Crippen LogP contribution is -2.11. The van der Waals surface area contributed by atoms with Crippen LogP contribution in [-0.4, -0.2) is 30.2 Å². The summed E-state index contributed by atoms with van der Waals surface area (Å²) in [5.41, 5.74) is 0.992. The highest BCUT2D eigenvalue weighted by Gasteiger charge is 2.22. The zero-order valence-electron chi connectivity index (χ0n) is 15.0. The van der Waals surface area contributed by atoms with Gasteiger partial charge < -0.3 is 4.98 Å². The summed E-state index contributed by atoms with van der Waals surface area (Å²) < 4.78 is 1.92. The monoisotopic (exact) mass is 410 g/mol. The highest BCUT2D eigenvalue weighted by Crippen LogP contribution is 2.33. The average Bonchev–Trinajstić information content (AvgIpc) is 3.46. The third-order valence-corrected chi connectivity index (χ3v) is 7.00. The SMILES string of the molecule is O=c1[nH]c(CSc2nnnn2C2CCCC2)nc2sc(-c3ccccc3)cc12. The Labute approximate surface area is 169 Å². The Morgan fingerprint density at radius 2 is 2.04 bits per heavy atom. The van der Waals surface area contributed by atoms with Crippen LogP contribution < -0.4 is 5.56 Å².